The average Bonchev–Trinajstić information content (AvgIpc) is 2.68. The van der Waals surface area contributed by atoms with E-state index in [1.54, 1.807) is 19.2 Å². The van der Waals surface area contributed by atoms with Gasteiger partial charge in [-0.2, -0.15) is 0 Å². The van der Waals surface area contributed by atoms with Crippen LogP contribution in [0.1, 0.15) is 11.1 Å². The number of aromatic nitrogens is 1. The summed E-state index contributed by atoms with van der Waals surface area (Å²) in [5.41, 5.74) is 2.95. The molecule has 0 spiro atoms. The van der Waals surface area contributed by atoms with Crippen LogP contribution in [0.5, 0.6) is 0 Å². The lowest BCUT2D eigenvalue weighted by Crippen LogP contribution is -2.39. The highest BCUT2D eigenvalue weighted by atomic mass is 19.1. The molecule has 134 valence electrons. The number of hydrogen-bond donors (Lipinski definition) is 2. The lowest BCUT2D eigenvalue weighted by molar-refractivity contribution is 0.606. The van der Waals surface area contributed by atoms with Gasteiger partial charge in [-0.1, -0.05) is 42.5 Å². The van der Waals surface area contributed by atoms with Crippen LogP contribution in [0.2, 0.25) is 0 Å². The summed E-state index contributed by atoms with van der Waals surface area (Å²) >= 11 is 0. The Hall–Kier alpha value is -2.95. The van der Waals surface area contributed by atoms with Crippen LogP contribution >= 0.6 is 0 Å². The fraction of sp³-hybridized carbons (Fsp3) is 0.238. The molecule has 26 heavy (non-hydrogen) atoms. The highest BCUT2D eigenvalue weighted by Crippen LogP contribution is 2.15. The van der Waals surface area contributed by atoms with Crippen molar-refractivity contribution in [2.75, 3.05) is 20.1 Å². The maximum Gasteiger partial charge on any atom is 0.190 e. The summed E-state index contributed by atoms with van der Waals surface area (Å²) in [5.74, 6) is 0.551. The predicted molar refractivity (Wildman–Crippen MR) is 105 cm³/mol. The molecule has 3 rings (SSSR count). The molecule has 0 unspecified atom stereocenters. The lowest BCUT2D eigenvalue weighted by atomic mass is 10.1. The highest BCUT2D eigenvalue weighted by Gasteiger charge is 2.04. The summed E-state index contributed by atoms with van der Waals surface area (Å²) in [6.45, 7) is 1.37. The number of para-hydroxylation sites is 1. The van der Waals surface area contributed by atoms with Gasteiger partial charge in [0.15, 0.2) is 5.96 Å². The molecule has 0 aliphatic carbocycles. The Morgan fingerprint density at radius 3 is 2.38 bits per heavy atom. The van der Waals surface area contributed by atoms with Crippen molar-refractivity contribution in [1.82, 2.24) is 15.6 Å². The smallest absolute Gasteiger partial charge is 0.190 e. The molecule has 0 fully saturated rings. The van der Waals surface area contributed by atoms with E-state index in [0.717, 1.165) is 29.8 Å². The van der Waals surface area contributed by atoms with E-state index >= 15 is 0 Å². The molecule has 1 aromatic heterocycles. The molecule has 0 amide bonds. The summed E-state index contributed by atoms with van der Waals surface area (Å²) in [6.07, 6.45) is 3.28. The Kier molecular flexibility index (Phi) is 6.14. The van der Waals surface area contributed by atoms with Crippen molar-refractivity contribution in [2.24, 2.45) is 4.99 Å². The second-order valence-electron chi connectivity index (χ2n) is 6.01. The SMILES string of the molecule is CN=C(NCCc1ccccc1F)NCCc1cccc2cccnc12. The Morgan fingerprint density at radius 1 is 0.923 bits per heavy atom. The van der Waals surface area contributed by atoms with Gasteiger partial charge in [0.05, 0.1) is 5.52 Å². The minimum Gasteiger partial charge on any atom is -0.356 e. The van der Waals surface area contributed by atoms with E-state index in [0.29, 0.717) is 18.5 Å². The number of pyridine rings is 1. The van der Waals surface area contributed by atoms with Crippen LogP contribution < -0.4 is 10.6 Å². The van der Waals surface area contributed by atoms with Crippen LogP contribution in [0.4, 0.5) is 4.39 Å². The molecule has 1 heterocycles. The van der Waals surface area contributed by atoms with E-state index in [2.05, 4.69) is 44.9 Å². The van der Waals surface area contributed by atoms with Crippen LogP contribution in [-0.4, -0.2) is 31.1 Å². The van der Waals surface area contributed by atoms with Crippen LogP contribution in [0, 0.1) is 5.82 Å². The highest BCUT2D eigenvalue weighted by molar-refractivity contribution is 5.82. The number of guanidine groups is 1. The van der Waals surface area contributed by atoms with E-state index in [9.17, 15) is 4.39 Å². The van der Waals surface area contributed by atoms with E-state index in [4.69, 9.17) is 0 Å². The first-order valence-corrected chi connectivity index (χ1v) is 8.78. The van der Waals surface area contributed by atoms with Gasteiger partial charge in [0, 0.05) is 31.7 Å². The number of fused-ring (bicyclic) bond motifs is 1. The second-order valence-corrected chi connectivity index (χ2v) is 6.01. The Labute approximate surface area is 153 Å². The zero-order valence-electron chi connectivity index (χ0n) is 14.9. The quantitative estimate of drug-likeness (QED) is 0.530. The summed E-state index contributed by atoms with van der Waals surface area (Å²) < 4.78 is 13.6. The number of hydrogen-bond acceptors (Lipinski definition) is 2. The van der Waals surface area contributed by atoms with E-state index in [1.807, 2.05) is 18.3 Å². The Morgan fingerprint density at radius 2 is 1.62 bits per heavy atom. The number of nitrogens with one attached hydrogen (secondary N) is 2. The summed E-state index contributed by atoms with van der Waals surface area (Å²) in [6, 6.07) is 17.1. The van der Waals surface area contributed by atoms with E-state index < -0.39 is 0 Å². The molecule has 5 heteroatoms. The van der Waals surface area contributed by atoms with Gasteiger partial charge in [0.2, 0.25) is 0 Å². The summed E-state index contributed by atoms with van der Waals surface area (Å²) in [7, 11) is 1.73. The standard InChI is InChI=1S/C21H23FN4/c1-23-21(25-14-11-16-6-2-3-10-19(16)22)26-15-12-18-8-4-7-17-9-5-13-24-20(17)18/h2-10,13H,11-12,14-15H2,1H3,(H2,23,25,26). The normalized spacial score (nSPS) is 11.5. The first kappa shape index (κ1) is 17.9. The molecular formula is C21H23FN4. The van der Waals surface area contributed by atoms with Gasteiger partial charge in [0.1, 0.15) is 5.82 Å². The van der Waals surface area contributed by atoms with Crippen molar-refractivity contribution in [3.63, 3.8) is 0 Å². The fourth-order valence-corrected chi connectivity index (χ4v) is 2.92. The molecule has 0 aliphatic rings. The van der Waals surface area contributed by atoms with Crippen molar-refractivity contribution in [2.45, 2.75) is 12.8 Å². The van der Waals surface area contributed by atoms with Crippen LogP contribution in [0.25, 0.3) is 10.9 Å². The van der Waals surface area contributed by atoms with Crippen molar-refractivity contribution < 1.29 is 4.39 Å². The first-order valence-electron chi connectivity index (χ1n) is 8.78. The predicted octanol–water partition coefficient (Wildman–Crippen LogP) is 3.32. The fourth-order valence-electron chi connectivity index (χ4n) is 2.92. The number of rotatable bonds is 6. The van der Waals surface area contributed by atoms with Gasteiger partial charge in [-0.25, -0.2) is 4.39 Å². The monoisotopic (exact) mass is 350 g/mol. The maximum absolute atomic E-state index is 13.6. The van der Waals surface area contributed by atoms with Crippen LogP contribution in [0.3, 0.4) is 0 Å². The molecule has 0 radical (unpaired) electrons. The third-order valence-corrected chi connectivity index (χ3v) is 4.27. The van der Waals surface area contributed by atoms with Crippen molar-refractivity contribution in [1.29, 1.82) is 0 Å². The van der Waals surface area contributed by atoms with E-state index in [-0.39, 0.29) is 5.82 Å². The van der Waals surface area contributed by atoms with Gasteiger partial charge in [0.25, 0.3) is 0 Å². The molecule has 0 saturated heterocycles. The van der Waals surface area contributed by atoms with Crippen molar-refractivity contribution in [3.8, 4) is 0 Å². The molecule has 2 aromatic carbocycles. The third-order valence-electron chi connectivity index (χ3n) is 4.27. The number of nitrogens with zero attached hydrogens (tertiary/aromatic N) is 2. The summed E-state index contributed by atoms with van der Waals surface area (Å²) in [4.78, 5) is 8.70. The molecule has 3 aromatic rings. The van der Waals surface area contributed by atoms with Gasteiger partial charge in [-0.15, -0.1) is 0 Å². The number of halogens is 1. The van der Waals surface area contributed by atoms with Crippen LogP contribution in [-0.2, 0) is 12.8 Å². The van der Waals surface area contributed by atoms with Gasteiger partial charge < -0.3 is 10.6 Å². The van der Waals surface area contributed by atoms with Gasteiger partial charge in [-0.3, -0.25) is 9.98 Å². The molecular weight excluding hydrogens is 327 g/mol. The topological polar surface area (TPSA) is 49.3 Å². The molecule has 0 saturated carbocycles. The van der Waals surface area contributed by atoms with Gasteiger partial charge in [-0.05, 0) is 36.1 Å². The minimum atomic E-state index is -0.166. The first-order chi connectivity index (χ1) is 12.8. The summed E-state index contributed by atoms with van der Waals surface area (Å²) in [5, 5.41) is 7.68. The van der Waals surface area contributed by atoms with E-state index in [1.165, 1.54) is 11.6 Å². The Balaban J connectivity index is 1.49. The van der Waals surface area contributed by atoms with Crippen LogP contribution in [0.15, 0.2) is 65.8 Å². The molecule has 0 atom stereocenters. The Bertz CT molecular complexity index is 887. The maximum atomic E-state index is 13.6. The average molecular weight is 350 g/mol. The third kappa shape index (κ3) is 4.57. The zero-order valence-corrected chi connectivity index (χ0v) is 14.9. The zero-order chi connectivity index (χ0) is 18.2. The molecule has 0 bridgehead atoms. The second kappa shape index (κ2) is 8.94. The largest absolute Gasteiger partial charge is 0.356 e. The molecule has 2 N–H and O–H groups in total. The van der Waals surface area contributed by atoms with Gasteiger partial charge >= 0.3 is 0 Å². The molecule has 0 aliphatic heterocycles. The lowest BCUT2D eigenvalue weighted by Gasteiger charge is -2.12. The molecule has 4 nitrogen and oxygen atoms in total. The van der Waals surface area contributed by atoms with Crippen molar-refractivity contribution >= 4 is 16.9 Å². The number of benzene rings is 2. The van der Waals surface area contributed by atoms with Crippen molar-refractivity contribution in [3.05, 3.63) is 77.7 Å². The number of aliphatic imine (C=N–C) groups is 1. The minimum absolute atomic E-state index is 0.166.